The Morgan fingerprint density at radius 1 is 1.50 bits per heavy atom. The highest BCUT2D eigenvalue weighted by molar-refractivity contribution is 5.98. The molecular formula is C11H9F3N4O2. The Kier molecular flexibility index (Phi) is 3.12. The first-order chi connectivity index (χ1) is 9.25. The second-order valence-corrected chi connectivity index (χ2v) is 4.06. The Bertz CT molecular complexity index is 765. The Balaban J connectivity index is 2.99. The van der Waals surface area contributed by atoms with E-state index in [1.54, 1.807) is 6.92 Å². The number of aromatic nitrogens is 2. The van der Waals surface area contributed by atoms with Crippen LogP contribution < -0.4 is 11.3 Å². The number of alkyl halides is 3. The maximum absolute atomic E-state index is 13.0. The third-order valence-corrected chi connectivity index (χ3v) is 2.62. The van der Waals surface area contributed by atoms with Gasteiger partial charge in [0.15, 0.2) is 11.5 Å². The Morgan fingerprint density at radius 2 is 2.15 bits per heavy atom. The molecule has 2 heterocycles. The van der Waals surface area contributed by atoms with Gasteiger partial charge < -0.3 is 10.9 Å². The second kappa shape index (κ2) is 4.51. The number of hydrogen-bond donors (Lipinski definition) is 2. The van der Waals surface area contributed by atoms with E-state index in [-0.39, 0.29) is 5.65 Å². The molecule has 0 saturated carbocycles. The lowest BCUT2D eigenvalue weighted by Crippen LogP contribution is -2.33. The van der Waals surface area contributed by atoms with Crippen LogP contribution in [-0.4, -0.2) is 20.4 Å². The van der Waals surface area contributed by atoms with Crippen molar-refractivity contribution in [3.05, 3.63) is 45.5 Å². The van der Waals surface area contributed by atoms with Crippen molar-refractivity contribution in [2.75, 3.05) is 0 Å². The lowest BCUT2D eigenvalue weighted by molar-refractivity contribution is -0.141. The SMILES string of the molecule is Cc1ccn2c(=O)c(/C(N)=N/O)c(C(F)(F)F)nc2c1. The first-order valence-electron chi connectivity index (χ1n) is 5.34. The maximum Gasteiger partial charge on any atom is 0.434 e. The molecule has 0 spiro atoms. The average Bonchev–Trinajstić information content (AvgIpc) is 2.36. The van der Waals surface area contributed by atoms with Crippen molar-refractivity contribution in [3.8, 4) is 0 Å². The molecule has 2 aromatic rings. The molecule has 106 valence electrons. The van der Waals surface area contributed by atoms with Gasteiger partial charge in [-0.25, -0.2) is 4.98 Å². The van der Waals surface area contributed by atoms with Crippen molar-refractivity contribution >= 4 is 11.5 Å². The van der Waals surface area contributed by atoms with Crippen molar-refractivity contribution in [3.63, 3.8) is 0 Å². The van der Waals surface area contributed by atoms with Crippen LogP contribution in [0.3, 0.4) is 0 Å². The first-order valence-corrected chi connectivity index (χ1v) is 5.34. The number of fused-ring (bicyclic) bond motifs is 1. The Morgan fingerprint density at radius 3 is 2.70 bits per heavy atom. The van der Waals surface area contributed by atoms with Crippen molar-refractivity contribution < 1.29 is 18.4 Å². The minimum absolute atomic E-state index is 0.170. The largest absolute Gasteiger partial charge is 0.434 e. The highest BCUT2D eigenvalue weighted by Crippen LogP contribution is 2.29. The van der Waals surface area contributed by atoms with E-state index in [1.165, 1.54) is 18.3 Å². The van der Waals surface area contributed by atoms with Crippen molar-refractivity contribution in [2.24, 2.45) is 10.9 Å². The van der Waals surface area contributed by atoms with Gasteiger partial charge in [0.2, 0.25) is 0 Å². The number of halogens is 3. The number of aryl methyl sites for hydroxylation is 1. The topological polar surface area (TPSA) is 93.0 Å². The van der Waals surface area contributed by atoms with Crippen molar-refractivity contribution in [1.82, 2.24) is 9.38 Å². The molecule has 0 bridgehead atoms. The van der Waals surface area contributed by atoms with Gasteiger partial charge in [-0.2, -0.15) is 13.2 Å². The number of oxime groups is 1. The van der Waals surface area contributed by atoms with Gasteiger partial charge in [0.1, 0.15) is 11.2 Å². The molecule has 0 aliphatic heterocycles. The predicted molar refractivity (Wildman–Crippen MR) is 63.7 cm³/mol. The quantitative estimate of drug-likeness (QED) is 0.355. The molecule has 0 amide bonds. The lowest BCUT2D eigenvalue weighted by atomic mass is 10.2. The monoisotopic (exact) mass is 286 g/mol. The first kappa shape index (κ1) is 13.8. The van der Waals surface area contributed by atoms with E-state index in [9.17, 15) is 18.0 Å². The molecule has 0 aliphatic rings. The summed E-state index contributed by atoms with van der Waals surface area (Å²) >= 11 is 0. The van der Waals surface area contributed by atoms with Crippen molar-refractivity contribution in [1.29, 1.82) is 0 Å². The number of pyridine rings is 1. The minimum atomic E-state index is -4.90. The molecule has 3 N–H and O–H groups in total. The van der Waals surface area contributed by atoms with Gasteiger partial charge in [0, 0.05) is 6.20 Å². The molecule has 2 aromatic heterocycles. The van der Waals surface area contributed by atoms with Crippen LogP contribution in [0.25, 0.3) is 5.65 Å². The third-order valence-electron chi connectivity index (χ3n) is 2.62. The maximum atomic E-state index is 13.0. The molecule has 2 rings (SSSR count). The summed E-state index contributed by atoms with van der Waals surface area (Å²) in [6, 6.07) is 2.85. The highest BCUT2D eigenvalue weighted by Gasteiger charge is 2.38. The van der Waals surface area contributed by atoms with E-state index in [0.717, 1.165) is 4.40 Å². The summed E-state index contributed by atoms with van der Waals surface area (Å²) in [7, 11) is 0. The third kappa shape index (κ3) is 2.17. The van der Waals surface area contributed by atoms with Crippen LogP contribution in [0, 0.1) is 6.92 Å². The van der Waals surface area contributed by atoms with Gasteiger partial charge in [-0.15, -0.1) is 0 Å². The van der Waals surface area contributed by atoms with E-state index >= 15 is 0 Å². The molecule has 0 unspecified atom stereocenters. The number of hydrogen-bond acceptors (Lipinski definition) is 4. The number of rotatable bonds is 1. The van der Waals surface area contributed by atoms with Gasteiger partial charge in [0.05, 0.1) is 0 Å². The predicted octanol–water partition coefficient (Wildman–Crippen LogP) is 1.12. The van der Waals surface area contributed by atoms with E-state index in [2.05, 4.69) is 10.1 Å². The van der Waals surface area contributed by atoms with Crippen LogP contribution in [-0.2, 0) is 6.18 Å². The van der Waals surface area contributed by atoms with Gasteiger partial charge >= 0.3 is 6.18 Å². The fraction of sp³-hybridized carbons (Fsp3) is 0.182. The smallest absolute Gasteiger partial charge is 0.409 e. The van der Waals surface area contributed by atoms with Crippen LogP contribution in [0.4, 0.5) is 13.2 Å². The van der Waals surface area contributed by atoms with Crippen LogP contribution in [0.2, 0.25) is 0 Å². The second-order valence-electron chi connectivity index (χ2n) is 4.06. The Hall–Kier alpha value is -2.58. The summed E-state index contributed by atoms with van der Waals surface area (Å²) in [4.78, 5) is 15.5. The average molecular weight is 286 g/mol. The number of nitrogens with zero attached hydrogens (tertiary/aromatic N) is 3. The van der Waals surface area contributed by atoms with Gasteiger partial charge in [0.25, 0.3) is 5.56 Å². The van der Waals surface area contributed by atoms with E-state index in [1.807, 2.05) is 0 Å². The standard InChI is InChI=1S/C11H9F3N4O2/c1-5-2-3-18-6(4-5)16-8(11(12,13)14)7(10(18)19)9(15)17-20/h2-4,20H,1H3,(H2,15,17). The van der Waals surface area contributed by atoms with Crippen LogP contribution in [0.15, 0.2) is 28.3 Å². The summed E-state index contributed by atoms with van der Waals surface area (Å²) in [6.45, 7) is 1.65. The molecule has 6 nitrogen and oxygen atoms in total. The zero-order valence-corrected chi connectivity index (χ0v) is 10.1. The molecule has 0 fully saturated rings. The lowest BCUT2D eigenvalue weighted by Gasteiger charge is -2.12. The van der Waals surface area contributed by atoms with E-state index < -0.39 is 28.8 Å². The number of amidine groups is 1. The summed E-state index contributed by atoms with van der Waals surface area (Å²) in [5.74, 6) is -0.940. The highest BCUT2D eigenvalue weighted by atomic mass is 19.4. The van der Waals surface area contributed by atoms with Gasteiger partial charge in [-0.05, 0) is 24.6 Å². The van der Waals surface area contributed by atoms with Crippen LogP contribution >= 0.6 is 0 Å². The zero-order valence-electron chi connectivity index (χ0n) is 10.1. The van der Waals surface area contributed by atoms with Gasteiger partial charge in [-0.3, -0.25) is 9.20 Å². The van der Waals surface area contributed by atoms with Crippen molar-refractivity contribution in [2.45, 2.75) is 13.1 Å². The number of nitrogens with two attached hydrogens (primary N) is 1. The fourth-order valence-corrected chi connectivity index (χ4v) is 1.73. The van der Waals surface area contributed by atoms with E-state index in [0.29, 0.717) is 5.56 Å². The minimum Gasteiger partial charge on any atom is -0.409 e. The normalized spacial score (nSPS) is 12.9. The molecule has 0 atom stereocenters. The van der Waals surface area contributed by atoms with Crippen LogP contribution in [0.5, 0.6) is 0 Å². The molecular weight excluding hydrogens is 277 g/mol. The molecule has 0 aliphatic carbocycles. The van der Waals surface area contributed by atoms with E-state index in [4.69, 9.17) is 10.9 Å². The molecule has 0 saturated heterocycles. The molecule has 0 aromatic carbocycles. The summed E-state index contributed by atoms with van der Waals surface area (Å²) in [6.07, 6.45) is -3.63. The summed E-state index contributed by atoms with van der Waals surface area (Å²) < 4.78 is 39.8. The summed E-state index contributed by atoms with van der Waals surface area (Å²) in [5.41, 5.74) is 2.11. The molecule has 0 radical (unpaired) electrons. The zero-order chi connectivity index (χ0) is 15.1. The van der Waals surface area contributed by atoms with Gasteiger partial charge in [-0.1, -0.05) is 5.16 Å². The van der Waals surface area contributed by atoms with Crippen LogP contribution in [0.1, 0.15) is 16.8 Å². The molecule has 20 heavy (non-hydrogen) atoms. The Labute approximate surface area is 110 Å². The summed E-state index contributed by atoms with van der Waals surface area (Å²) in [5, 5.41) is 11.0. The molecule has 9 heteroatoms. The fourth-order valence-electron chi connectivity index (χ4n) is 1.73.